The average molecular weight is 291 g/mol. The molecule has 1 saturated carbocycles. The van der Waals surface area contributed by atoms with Crippen LogP contribution in [-0.4, -0.2) is 31.3 Å². The summed E-state index contributed by atoms with van der Waals surface area (Å²) < 4.78 is 11.2. The number of nitrogens with one attached hydrogen (secondary N) is 1. The molecule has 2 fully saturated rings. The molecule has 2 aliphatic rings. The number of aliphatic carboxylic acids is 1. The molecule has 2 unspecified atom stereocenters. The van der Waals surface area contributed by atoms with Gasteiger partial charge in [0.1, 0.15) is 0 Å². The lowest BCUT2D eigenvalue weighted by molar-refractivity contribution is -0.141. The van der Waals surface area contributed by atoms with Gasteiger partial charge in [0.05, 0.1) is 19.6 Å². The summed E-state index contributed by atoms with van der Waals surface area (Å²) in [6.07, 6.45) is 3.12. The van der Waals surface area contributed by atoms with Gasteiger partial charge in [-0.1, -0.05) is 6.07 Å². The highest BCUT2D eigenvalue weighted by Gasteiger charge is 2.30. The average Bonchev–Trinajstić information content (AvgIpc) is 3.18. The van der Waals surface area contributed by atoms with Gasteiger partial charge in [0.15, 0.2) is 11.5 Å². The van der Waals surface area contributed by atoms with Crippen molar-refractivity contribution in [1.29, 1.82) is 0 Å². The second-order valence-electron chi connectivity index (χ2n) is 5.90. The maximum atomic E-state index is 11.0. The Morgan fingerprint density at radius 2 is 2.19 bits per heavy atom. The standard InChI is InChI=1S/C16H21NO4/c1-20-15-7-11(13-6-12(8-17-13)16(18)19)4-5-14(15)21-9-10-2-3-10/h4-5,7,10,12-13,17H,2-3,6,8-9H2,1H3,(H,18,19). The number of carboxylic acid groups (broad SMARTS) is 1. The Kier molecular flexibility index (Phi) is 4.01. The summed E-state index contributed by atoms with van der Waals surface area (Å²) in [5, 5.41) is 12.3. The van der Waals surface area contributed by atoms with Gasteiger partial charge in [0.2, 0.25) is 0 Å². The van der Waals surface area contributed by atoms with Gasteiger partial charge >= 0.3 is 5.97 Å². The first-order valence-electron chi connectivity index (χ1n) is 7.44. The monoisotopic (exact) mass is 291 g/mol. The van der Waals surface area contributed by atoms with Gasteiger partial charge in [-0.2, -0.15) is 0 Å². The first-order valence-corrected chi connectivity index (χ1v) is 7.44. The molecule has 3 rings (SSSR count). The van der Waals surface area contributed by atoms with Crippen LogP contribution in [0.2, 0.25) is 0 Å². The molecule has 1 aliphatic carbocycles. The van der Waals surface area contributed by atoms with Crippen LogP contribution in [-0.2, 0) is 4.79 Å². The van der Waals surface area contributed by atoms with E-state index in [2.05, 4.69) is 5.32 Å². The topological polar surface area (TPSA) is 67.8 Å². The third kappa shape index (κ3) is 3.29. The minimum absolute atomic E-state index is 0.0671. The van der Waals surface area contributed by atoms with E-state index in [0.29, 0.717) is 24.6 Å². The summed E-state index contributed by atoms with van der Waals surface area (Å²) in [7, 11) is 1.63. The summed E-state index contributed by atoms with van der Waals surface area (Å²) in [5.74, 6) is 1.13. The zero-order chi connectivity index (χ0) is 14.8. The van der Waals surface area contributed by atoms with Gasteiger partial charge in [0.25, 0.3) is 0 Å². The van der Waals surface area contributed by atoms with Crippen molar-refractivity contribution in [3.8, 4) is 11.5 Å². The molecular weight excluding hydrogens is 270 g/mol. The molecule has 114 valence electrons. The van der Waals surface area contributed by atoms with Crippen LogP contribution in [0.4, 0.5) is 0 Å². The fourth-order valence-electron chi connectivity index (χ4n) is 2.69. The van der Waals surface area contributed by atoms with Crippen LogP contribution >= 0.6 is 0 Å². The summed E-state index contributed by atoms with van der Waals surface area (Å²) >= 11 is 0. The Bertz CT molecular complexity index is 527. The van der Waals surface area contributed by atoms with E-state index >= 15 is 0 Å². The quantitative estimate of drug-likeness (QED) is 0.841. The minimum atomic E-state index is -0.735. The highest BCUT2D eigenvalue weighted by molar-refractivity contribution is 5.70. The Morgan fingerprint density at radius 3 is 2.81 bits per heavy atom. The van der Waals surface area contributed by atoms with Crippen LogP contribution < -0.4 is 14.8 Å². The molecule has 2 N–H and O–H groups in total. The molecule has 1 heterocycles. The van der Waals surface area contributed by atoms with E-state index in [1.54, 1.807) is 7.11 Å². The molecule has 1 aliphatic heterocycles. The van der Waals surface area contributed by atoms with Gasteiger partial charge < -0.3 is 19.9 Å². The molecule has 1 saturated heterocycles. The summed E-state index contributed by atoms with van der Waals surface area (Å²) in [4.78, 5) is 11.0. The van der Waals surface area contributed by atoms with E-state index in [-0.39, 0.29) is 12.0 Å². The van der Waals surface area contributed by atoms with Gasteiger partial charge in [-0.3, -0.25) is 4.79 Å². The van der Waals surface area contributed by atoms with Crippen molar-refractivity contribution in [2.75, 3.05) is 20.3 Å². The Balaban J connectivity index is 1.69. The van der Waals surface area contributed by atoms with Crippen LogP contribution in [0.25, 0.3) is 0 Å². The highest BCUT2D eigenvalue weighted by atomic mass is 16.5. The molecule has 0 spiro atoms. The lowest BCUT2D eigenvalue weighted by Gasteiger charge is -2.15. The maximum absolute atomic E-state index is 11.0. The second kappa shape index (κ2) is 5.93. The van der Waals surface area contributed by atoms with Gasteiger partial charge in [-0.15, -0.1) is 0 Å². The number of rotatable bonds is 6. The summed E-state index contributed by atoms with van der Waals surface area (Å²) in [6, 6.07) is 5.93. The number of carbonyl (C=O) groups is 1. The molecule has 1 aromatic rings. The molecule has 21 heavy (non-hydrogen) atoms. The molecule has 0 radical (unpaired) electrons. The van der Waals surface area contributed by atoms with E-state index in [4.69, 9.17) is 14.6 Å². The summed E-state index contributed by atoms with van der Waals surface area (Å²) in [6.45, 7) is 1.26. The van der Waals surface area contributed by atoms with Crippen molar-refractivity contribution in [3.05, 3.63) is 23.8 Å². The van der Waals surface area contributed by atoms with Crippen molar-refractivity contribution < 1.29 is 19.4 Å². The van der Waals surface area contributed by atoms with Crippen LogP contribution in [0.5, 0.6) is 11.5 Å². The van der Waals surface area contributed by atoms with E-state index < -0.39 is 5.97 Å². The highest BCUT2D eigenvalue weighted by Crippen LogP contribution is 2.36. The third-order valence-corrected chi connectivity index (χ3v) is 4.24. The lowest BCUT2D eigenvalue weighted by Crippen LogP contribution is -2.17. The van der Waals surface area contributed by atoms with Crippen molar-refractivity contribution >= 4 is 5.97 Å². The van der Waals surface area contributed by atoms with Crippen molar-refractivity contribution in [1.82, 2.24) is 5.32 Å². The van der Waals surface area contributed by atoms with Crippen molar-refractivity contribution in [2.45, 2.75) is 25.3 Å². The molecule has 0 aromatic heterocycles. The Hall–Kier alpha value is -1.75. The van der Waals surface area contributed by atoms with Crippen LogP contribution in [0.3, 0.4) is 0 Å². The largest absolute Gasteiger partial charge is 0.493 e. The first kappa shape index (κ1) is 14.2. The number of methoxy groups -OCH3 is 1. The number of hydrogen-bond donors (Lipinski definition) is 2. The van der Waals surface area contributed by atoms with E-state index in [9.17, 15) is 4.79 Å². The second-order valence-corrected chi connectivity index (χ2v) is 5.90. The predicted molar refractivity (Wildman–Crippen MR) is 77.7 cm³/mol. The van der Waals surface area contributed by atoms with Crippen LogP contribution in [0.15, 0.2) is 18.2 Å². The third-order valence-electron chi connectivity index (χ3n) is 4.24. The molecule has 5 heteroatoms. The molecule has 1 aromatic carbocycles. The SMILES string of the molecule is COc1cc(C2CC(C(=O)O)CN2)ccc1OCC1CC1. The van der Waals surface area contributed by atoms with Crippen molar-refractivity contribution in [2.24, 2.45) is 11.8 Å². The van der Waals surface area contributed by atoms with E-state index in [1.165, 1.54) is 12.8 Å². The summed E-state index contributed by atoms with van der Waals surface area (Å²) in [5.41, 5.74) is 1.05. The zero-order valence-corrected chi connectivity index (χ0v) is 12.2. The molecular formula is C16H21NO4. The Labute approximate surface area is 124 Å². The molecule has 0 amide bonds. The maximum Gasteiger partial charge on any atom is 0.307 e. The van der Waals surface area contributed by atoms with E-state index in [1.807, 2.05) is 18.2 Å². The fraction of sp³-hybridized carbons (Fsp3) is 0.562. The van der Waals surface area contributed by atoms with Crippen LogP contribution in [0.1, 0.15) is 30.9 Å². The zero-order valence-electron chi connectivity index (χ0n) is 12.2. The number of ether oxygens (including phenoxy) is 2. The molecule has 0 bridgehead atoms. The number of benzene rings is 1. The fourth-order valence-corrected chi connectivity index (χ4v) is 2.69. The smallest absolute Gasteiger partial charge is 0.307 e. The molecule has 2 atom stereocenters. The van der Waals surface area contributed by atoms with Gasteiger partial charge in [-0.05, 0) is 42.9 Å². The van der Waals surface area contributed by atoms with Gasteiger partial charge in [-0.25, -0.2) is 0 Å². The Morgan fingerprint density at radius 1 is 1.38 bits per heavy atom. The first-order chi connectivity index (χ1) is 10.2. The number of hydrogen-bond acceptors (Lipinski definition) is 4. The van der Waals surface area contributed by atoms with E-state index in [0.717, 1.165) is 17.9 Å². The van der Waals surface area contributed by atoms with Crippen molar-refractivity contribution in [3.63, 3.8) is 0 Å². The number of carboxylic acids is 1. The minimum Gasteiger partial charge on any atom is -0.493 e. The normalized spacial score (nSPS) is 24.8. The lowest BCUT2D eigenvalue weighted by atomic mass is 10.00. The predicted octanol–water partition coefficient (Wildman–Crippen LogP) is 2.22. The van der Waals surface area contributed by atoms with Gasteiger partial charge in [0, 0.05) is 12.6 Å². The molecule has 5 nitrogen and oxygen atoms in total. The van der Waals surface area contributed by atoms with Crippen LogP contribution in [0, 0.1) is 11.8 Å².